The van der Waals surface area contributed by atoms with Gasteiger partial charge >= 0.3 is 5.97 Å². The van der Waals surface area contributed by atoms with Gasteiger partial charge in [-0.15, -0.1) is 0 Å². The van der Waals surface area contributed by atoms with E-state index < -0.39 is 17.7 Å². The number of carbonyl (C=O) groups is 2. The van der Waals surface area contributed by atoms with Crippen molar-refractivity contribution in [3.63, 3.8) is 0 Å². The Morgan fingerprint density at radius 1 is 1.48 bits per heavy atom. The number of halogens is 2. The van der Waals surface area contributed by atoms with Crippen LogP contribution >= 0.6 is 11.6 Å². The summed E-state index contributed by atoms with van der Waals surface area (Å²) in [5, 5.41) is 11.7. The summed E-state index contributed by atoms with van der Waals surface area (Å²) in [5.41, 5.74) is 0.135. The van der Waals surface area contributed by atoms with Gasteiger partial charge in [0.2, 0.25) is 5.91 Å². The summed E-state index contributed by atoms with van der Waals surface area (Å²) in [5.74, 6) is -1.70. The number of carbonyl (C=O) groups excluding carboxylic acids is 1. The van der Waals surface area contributed by atoms with Crippen LogP contribution in [0.4, 0.5) is 4.39 Å². The summed E-state index contributed by atoms with van der Waals surface area (Å²) < 4.78 is 13.5. The number of carboxylic acid groups (broad SMARTS) is 1. The molecule has 0 spiro atoms. The summed E-state index contributed by atoms with van der Waals surface area (Å²) in [7, 11) is 0. The highest BCUT2D eigenvalue weighted by molar-refractivity contribution is 6.32. The van der Waals surface area contributed by atoms with Crippen molar-refractivity contribution in [3.8, 4) is 0 Å². The number of carboxylic acids is 1. The molecule has 2 rings (SSSR count). The maximum atomic E-state index is 13.5. The zero-order valence-electron chi connectivity index (χ0n) is 11.2. The number of amides is 1. The summed E-state index contributed by atoms with van der Waals surface area (Å²) in [4.78, 5) is 22.6. The van der Waals surface area contributed by atoms with Gasteiger partial charge in [-0.3, -0.25) is 9.59 Å². The Hall–Kier alpha value is -1.88. The van der Waals surface area contributed by atoms with Gasteiger partial charge in [0.1, 0.15) is 5.82 Å². The molecule has 1 atom stereocenters. The summed E-state index contributed by atoms with van der Waals surface area (Å²) >= 11 is 5.85. The molecule has 0 aliphatic heterocycles. The Morgan fingerprint density at radius 3 is 2.76 bits per heavy atom. The van der Waals surface area contributed by atoms with Crippen LogP contribution in [-0.2, 0) is 9.59 Å². The average molecular weight is 312 g/mol. The van der Waals surface area contributed by atoms with Gasteiger partial charge in [-0.2, -0.15) is 0 Å². The molecule has 0 bridgehead atoms. The van der Waals surface area contributed by atoms with Gasteiger partial charge in [-0.05, 0) is 37.0 Å². The number of hydrogen-bond donors (Lipinski definition) is 2. The molecule has 0 saturated heterocycles. The van der Waals surface area contributed by atoms with Crippen LogP contribution in [0.1, 0.15) is 24.8 Å². The molecule has 6 heteroatoms. The van der Waals surface area contributed by atoms with E-state index in [2.05, 4.69) is 5.32 Å². The molecule has 1 amide bonds. The van der Waals surface area contributed by atoms with Crippen LogP contribution in [0.2, 0.25) is 5.02 Å². The first-order valence-electron chi connectivity index (χ1n) is 6.61. The fraction of sp³-hybridized carbons (Fsp3) is 0.333. The van der Waals surface area contributed by atoms with Crippen molar-refractivity contribution in [1.82, 2.24) is 5.32 Å². The van der Waals surface area contributed by atoms with Crippen LogP contribution in [0, 0.1) is 11.7 Å². The van der Waals surface area contributed by atoms with Crippen molar-refractivity contribution in [2.75, 3.05) is 0 Å². The van der Waals surface area contributed by atoms with Crippen molar-refractivity contribution < 1.29 is 19.1 Å². The van der Waals surface area contributed by atoms with Crippen molar-refractivity contribution in [2.45, 2.75) is 25.3 Å². The maximum absolute atomic E-state index is 13.5. The van der Waals surface area contributed by atoms with E-state index in [0.717, 1.165) is 12.8 Å². The van der Waals surface area contributed by atoms with Crippen LogP contribution in [0.5, 0.6) is 0 Å². The lowest BCUT2D eigenvalue weighted by Gasteiger charge is -2.14. The van der Waals surface area contributed by atoms with Gasteiger partial charge in [0, 0.05) is 17.7 Å². The summed E-state index contributed by atoms with van der Waals surface area (Å²) in [6.45, 7) is 0. The third-order valence-corrected chi connectivity index (χ3v) is 3.64. The number of benzene rings is 1. The minimum Gasteiger partial charge on any atom is -0.481 e. The van der Waals surface area contributed by atoms with Crippen LogP contribution in [-0.4, -0.2) is 23.0 Å². The van der Waals surface area contributed by atoms with E-state index in [9.17, 15) is 14.0 Å². The topological polar surface area (TPSA) is 66.4 Å². The molecule has 1 aromatic carbocycles. The molecule has 4 nitrogen and oxygen atoms in total. The fourth-order valence-electron chi connectivity index (χ4n) is 2.08. The highest BCUT2D eigenvalue weighted by Gasteiger charge is 2.33. The minimum atomic E-state index is -0.951. The monoisotopic (exact) mass is 311 g/mol. The van der Waals surface area contributed by atoms with Crippen LogP contribution in [0.25, 0.3) is 6.08 Å². The molecule has 2 N–H and O–H groups in total. The Morgan fingerprint density at radius 2 is 2.19 bits per heavy atom. The van der Waals surface area contributed by atoms with Gasteiger partial charge in [0.25, 0.3) is 0 Å². The lowest BCUT2D eigenvalue weighted by atomic mass is 10.1. The van der Waals surface area contributed by atoms with Gasteiger partial charge < -0.3 is 10.4 Å². The zero-order chi connectivity index (χ0) is 15.4. The molecule has 1 aliphatic rings. The largest absolute Gasteiger partial charge is 0.481 e. The van der Waals surface area contributed by atoms with Gasteiger partial charge in [-0.1, -0.05) is 17.7 Å². The molecular formula is C15H15ClFNO3. The van der Waals surface area contributed by atoms with Crippen LogP contribution in [0.15, 0.2) is 24.3 Å². The van der Waals surface area contributed by atoms with E-state index in [0.29, 0.717) is 0 Å². The molecule has 1 saturated carbocycles. The average Bonchev–Trinajstić information content (AvgIpc) is 3.21. The molecule has 0 heterocycles. The zero-order valence-corrected chi connectivity index (χ0v) is 11.9. The number of hydrogen-bond acceptors (Lipinski definition) is 2. The quantitative estimate of drug-likeness (QED) is 0.794. The highest BCUT2D eigenvalue weighted by atomic mass is 35.5. The van der Waals surface area contributed by atoms with Crippen molar-refractivity contribution >= 4 is 29.6 Å². The lowest BCUT2D eigenvalue weighted by Crippen LogP contribution is -2.37. The normalized spacial score (nSPS) is 15.9. The molecule has 1 aliphatic carbocycles. The first-order valence-corrected chi connectivity index (χ1v) is 6.99. The van der Waals surface area contributed by atoms with E-state index >= 15 is 0 Å². The SMILES string of the molecule is O=C(O)CC(NC(=O)/C=C/c1c(F)cccc1Cl)C1CC1. The van der Waals surface area contributed by atoms with Crippen molar-refractivity contribution in [2.24, 2.45) is 5.92 Å². The molecule has 112 valence electrons. The first kappa shape index (κ1) is 15.5. The van der Waals surface area contributed by atoms with E-state index in [-0.39, 0.29) is 29.0 Å². The van der Waals surface area contributed by atoms with Gasteiger partial charge in [0.15, 0.2) is 0 Å². The third-order valence-electron chi connectivity index (χ3n) is 3.31. The first-order chi connectivity index (χ1) is 9.97. The summed E-state index contributed by atoms with van der Waals surface area (Å²) in [6.07, 6.45) is 4.19. The predicted molar refractivity (Wildman–Crippen MR) is 77.4 cm³/mol. The fourth-order valence-corrected chi connectivity index (χ4v) is 2.31. The van der Waals surface area contributed by atoms with Crippen LogP contribution < -0.4 is 5.32 Å². The predicted octanol–water partition coefficient (Wildman–Crippen LogP) is 2.86. The second-order valence-electron chi connectivity index (χ2n) is 5.02. The van der Waals surface area contributed by atoms with Crippen molar-refractivity contribution in [3.05, 3.63) is 40.7 Å². The lowest BCUT2D eigenvalue weighted by molar-refractivity contribution is -0.137. The molecule has 1 aromatic rings. The van der Waals surface area contributed by atoms with E-state index in [1.165, 1.54) is 30.4 Å². The molecule has 1 unspecified atom stereocenters. The Kier molecular flexibility index (Phi) is 4.96. The molecular weight excluding hydrogens is 297 g/mol. The second-order valence-corrected chi connectivity index (χ2v) is 5.43. The standard InChI is InChI=1S/C15H15ClFNO3/c16-11-2-1-3-12(17)10(11)6-7-14(19)18-13(8-15(20)21)9-4-5-9/h1-3,6-7,9,13H,4-5,8H2,(H,18,19)(H,20,21)/b7-6+. The van der Waals surface area contributed by atoms with Gasteiger partial charge in [0.05, 0.1) is 11.4 Å². The molecule has 1 fully saturated rings. The van der Waals surface area contributed by atoms with E-state index in [1.54, 1.807) is 0 Å². The molecule has 21 heavy (non-hydrogen) atoms. The van der Waals surface area contributed by atoms with E-state index in [1.807, 2.05) is 0 Å². The number of rotatable bonds is 6. The second kappa shape index (κ2) is 6.72. The number of aliphatic carboxylic acids is 1. The van der Waals surface area contributed by atoms with Crippen molar-refractivity contribution in [1.29, 1.82) is 0 Å². The summed E-state index contributed by atoms with van der Waals surface area (Å²) in [6, 6.07) is 3.88. The maximum Gasteiger partial charge on any atom is 0.305 e. The highest BCUT2D eigenvalue weighted by Crippen LogP contribution is 2.34. The number of nitrogens with one attached hydrogen (secondary N) is 1. The van der Waals surface area contributed by atoms with Crippen LogP contribution in [0.3, 0.4) is 0 Å². The Bertz CT molecular complexity index is 564. The minimum absolute atomic E-state index is 0.106. The van der Waals surface area contributed by atoms with E-state index in [4.69, 9.17) is 16.7 Å². The third kappa shape index (κ3) is 4.56. The smallest absolute Gasteiger partial charge is 0.305 e. The van der Waals surface area contributed by atoms with Gasteiger partial charge in [-0.25, -0.2) is 4.39 Å². The Labute approximate surface area is 126 Å². The molecule has 0 aromatic heterocycles. The molecule has 0 radical (unpaired) electrons. The Balaban J connectivity index is 2.00.